The highest BCUT2D eigenvalue weighted by Gasteiger charge is 2.18. The van der Waals surface area contributed by atoms with Gasteiger partial charge in [0.05, 0.1) is 16.9 Å². The van der Waals surface area contributed by atoms with E-state index in [2.05, 4.69) is 10.6 Å². The Morgan fingerprint density at radius 1 is 0.763 bits per heavy atom. The summed E-state index contributed by atoms with van der Waals surface area (Å²) in [4.78, 5) is 39.9. The van der Waals surface area contributed by atoms with Crippen LogP contribution in [0.4, 0.5) is 15.8 Å². The summed E-state index contributed by atoms with van der Waals surface area (Å²) in [5, 5.41) is 5.68. The molecule has 0 aliphatic carbocycles. The number of hydrogen-bond donors (Lipinski definition) is 2. The molecule has 2 amide bonds. The molecule has 192 valence electrons. The Morgan fingerprint density at radius 2 is 1.45 bits per heavy atom. The molecule has 4 rings (SSSR count). The number of amides is 2. The minimum atomic E-state index is -0.432. The summed E-state index contributed by atoms with van der Waals surface area (Å²) >= 11 is 1.55. The molecule has 38 heavy (non-hydrogen) atoms. The van der Waals surface area contributed by atoms with Gasteiger partial charge in [-0.3, -0.25) is 14.4 Å². The average molecular weight is 527 g/mol. The number of aryl methyl sites for hydroxylation is 1. The zero-order chi connectivity index (χ0) is 26.9. The summed E-state index contributed by atoms with van der Waals surface area (Å²) in [5.41, 5.74) is 2.90. The van der Waals surface area contributed by atoms with Crippen LogP contribution in [-0.4, -0.2) is 23.4 Å². The smallest absolute Gasteiger partial charge is 0.257 e. The van der Waals surface area contributed by atoms with E-state index in [4.69, 9.17) is 0 Å². The number of rotatable bonds is 10. The van der Waals surface area contributed by atoms with Crippen LogP contribution in [0.25, 0.3) is 0 Å². The van der Waals surface area contributed by atoms with Gasteiger partial charge in [0, 0.05) is 22.4 Å². The van der Waals surface area contributed by atoms with Gasteiger partial charge in [0.2, 0.25) is 5.91 Å². The molecule has 0 saturated heterocycles. The van der Waals surface area contributed by atoms with Gasteiger partial charge in [-0.15, -0.1) is 11.8 Å². The molecule has 0 saturated carbocycles. The van der Waals surface area contributed by atoms with Gasteiger partial charge < -0.3 is 10.6 Å². The first kappa shape index (κ1) is 26.8. The van der Waals surface area contributed by atoms with Gasteiger partial charge in [-0.1, -0.05) is 54.1 Å². The highest BCUT2D eigenvalue weighted by molar-refractivity contribution is 7.99. The molecular formula is C31H27FN2O3S. The van der Waals surface area contributed by atoms with Crippen LogP contribution in [0.5, 0.6) is 0 Å². The number of halogens is 1. The van der Waals surface area contributed by atoms with Crippen molar-refractivity contribution in [1.29, 1.82) is 0 Å². The fourth-order valence-corrected chi connectivity index (χ4v) is 4.70. The molecule has 4 aromatic carbocycles. The Bertz CT molecular complexity index is 1440. The van der Waals surface area contributed by atoms with Crippen molar-refractivity contribution in [3.05, 3.63) is 125 Å². The van der Waals surface area contributed by atoms with E-state index in [0.29, 0.717) is 40.2 Å². The molecule has 0 aliphatic rings. The van der Waals surface area contributed by atoms with E-state index in [9.17, 15) is 18.8 Å². The van der Waals surface area contributed by atoms with Crippen molar-refractivity contribution < 1.29 is 18.8 Å². The Morgan fingerprint density at radius 3 is 2.21 bits per heavy atom. The van der Waals surface area contributed by atoms with Crippen LogP contribution in [0.1, 0.15) is 44.7 Å². The van der Waals surface area contributed by atoms with Crippen LogP contribution in [0.2, 0.25) is 0 Å². The van der Waals surface area contributed by atoms with Crippen LogP contribution in [0.15, 0.2) is 102 Å². The molecule has 2 N–H and O–H groups in total. The lowest BCUT2D eigenvalue weighted by Crippen LogP contribution is -2.19. The third-order valence-electron chi connectivity index (χ3n) is 5.78. The highest BCUT2D eigenvalue weighted by atomic mass is 32.2. The van der Waals surface area contributed by atoms with Crippen LogP contribution >= 0.6 is 11.8 Å². The second-order valence-electron chi connectivity index (χ2n) is 8.70. The zero-order valence-corrected chi connectivity index (χ0v) is 21.7. The van der Waals surface area contributed by atoms with E-state index in [1.54, 1.807) is 84.6 Å². The van der Waals surface area contributed by atoms with Crippen molar-refractivity contribution in [3.8, 4) is 0 Å². The number of hydrogen-bond acceptors (Lipinski definition) is 4. The summed E-state index contributed by atoms with van der Waals surface area (Å²) in [5.74, 6) is -0.409. The van der Waals surface area contributed by atoms with Crippen LogP contribution in [0.3, 0.4) is 0 Å². The van der Waals surface area contributed by atoms with E-state index >= 15 is 0 Å². The molecule has 0 heterocycles. The van der Waals surface area contributed by atoms with Gasteiger partial charge in [-0.25, -0.2) is 4.39 Å². The van der Waals surface area contributed by atoms with E-state index in [1.807, 2.05) is 19.1 Å². The molecular weight excluding hydrogens is 499 g/mol. The summed E-state index contributed by atoms with van der Waals surface area (Å²) in [7, 11) is 0. The van der Waals surface area contributed by atoms with Gasteiger partial charge in [0.1, 0.15) is 5.82 Å². The van der Waals surface area contributed by atoms with Gasteiger partial charge in [-0.2, -0.15) is 0 Å². The summed E-state index contributed by atoms with van der Waals surface area (Å²) in [6.45, 7) is 1.89. The maximum atomic E-state index is 13.3. The van der Waals surface area contributed by atoms with Crippen molar-refractivity contribution in [2.75, 3.05) is 16.4 Å². The Kier molecular flexibility index (Phi) is 9.06. The molecule has 0 unspecified atom stereocenters. The maximum Gasteiger partial charge on any atom is 0.257 e. The largest absolute Gasteiger partial charge is 0.325 e. The normalized spacial score (nSPS) is 10.6. The van der Waals surface area contributed by atoms with Crippen molar-refractivity contribution in [2.45, 2.75) is 24.7 Å². The number of anilines is 2. The molecule has 5 nitrogen and oxygen atoms in total. The molecule has 0 spiro atoms. The van der Waals surface area contributed by atoms with E-state index < -0.39 is 5.91 Å². The monoisotopic (exact) mass is 526 g/mol. The Balaban J connectivity index is 1.41. The first-order valence-electron chi connectivity index (χ1n) is 12.2. The quantitative estimate of drug-likeness (QED) is 0.131. The molecule has 0 aliphatic heterocycles. The van der Waals surface area contributed by atoms with Crippen LogP contribution < -0.4 is 10.6 Å². The van der Waals surface area contributed by atoms with Crippen molar-refractivity contribution in [3.63, 3.8) is 0 Å². The van der Waals surface area contributed by atoms with E-state index in [1.165, 1.54) is 12.1 Å². The third-order valence-corrected chi connectivity index (χ3v) is 6.88. The lowest BCUT2D eigenvalue weighted by Gasteiger charge is -2.14. The fourth-order valence-electron chi connectivity index (χ4n) is 3.85. The zero-order valence-electron chi connectivity index (χ0n) is 20.9. The first-order chi connectivity index (χ1) is 18.4. The molecule has 0 radical (unpaired) electrons. The number of nitrogens with one attached hydrogen (secondary N) is 2. The number of carbonyl (C=O) groups is 3. The van der Waals surface area contributed by atoms with Crippen LogP contribution in [0, 0.1) is 12.7 Å². The number of ketones is 1. The SMILES string of the molecule is Cc1ccc(NC(=O)c2ccccc2NC(=O)CCCSc2ccc(F)cc2)c(C(=O)c2ccccc2)c1. The maximum absolute atomic E-state index is 13.3. The van der Waals surface area contributed by atoms with Gasteiger partial charge in [0.25, 0.3) is 5.91 Å². The van der Waals surface area contributed by atoms with E-state index in [0.717, 1.165) is 10.5 Å². The first-order valence-corrected chi connectivity index (χ1v) is 13.2. The lowest BCUT2D eigenvalue weighted by atomic mass is 9.99. The van der Waals surface area contributed by atoms with Crippen molar-refractivity contribution in [2.24, 2.45) is 0 Å². The molecule has 0 atom stereocenters. The Hall–Kier alpha value is -4.23. The predicted octanol–water partition coefficient (Wildman–Crippen LogP) is 7.13. The van der Waals surface area contributed by atoms with Crippen LogP contribution in [-0.2, 0) is 4.79 Å². The van der Waals surface area contributed by atoms with Gasteiger partial charge in [0.15, 0.2) is 5.78 Å². The summed E-state index contributed by atoms with van der Waals surface area (Å²) < 4.78 is 13.0. The number of carbonyl (C=O) groups excluding carboxylic acids is 3. The van der Waals surface area contributed by atoms with Crippen molar-refractivity contribution >= 4 is 40.7 Å². The lowest BCUT2D eigenvalue weighted by molar-refractivity contribution is -0.116. The topological polar surface area (TPSA) is 75.3 Å². The second-order valence-corrected chi connectivity index (χ2v) is 9.87. The van der Waals surface area contributed by atoms with Crippen molar-refractivity contribution in [1.82, 2.24) is 0 Å². The third kappa shape index (κ3) is 7.17. The van der Waals surface area contributed by atoms with Gasteiger partial charge >= 0.3 is 0 Å². The standard InChI is InChI=1S/C31H27FN2O3S/c1-21-13-18-28(26(20-21)30(36)22-8-3-2-4-9-22)34-31(37)25-10-5-6-11-27(25)33-29(35)12-7-19-38-24-16-14-23(32)15-17-24/h2-6,8-11,13-18,20H,7,12,19H2,1H3,(H,33,35)(H,34,37). The fraction of sp³-hybridized carbons (Fsp3) is 0.129. The average Bonchev–Trinajstić information content (AvgIpc) is 2.93. The molecule has 0 fully saturated rings. The minimum absolute atomic E-state index is 0.190. The summed E-state index contributed by atoms with van der Waals surface area (Å²) in [6.07, 6.45) is 0.897. The van der Waals surface area contributed by atoms with Gasteiger partial charge in [-0.05, 0) is 67.6 Å². The highest BCUT2D eigenvalue weighted by Crippen LogP contribution is 2.24. The molecule has 0 bridgehead atoms. The minimum Gasteiger partial charge on any atom is -0.325 e. The molecule has 4 aromatic rings. The second kappa shape index (κ2) is 12.8. The Labute approximate surface area is 225 Å². The molecule has 7 heteroatoms. The summed E-state index contributed by atoms with van der Waals surface area (Å²) in [6, 6.07) is 27.2. The number of para-hydroxylation sites is 1. The molecule has 0 aromatic heterocycles. The predicted molar refractivity (Wildman–Crippen MR) is 150 cm³/mol. The van der Waals surface area contributed by atoms with E-state index in [-0.39, 0.29) is 23.9 Å². The number of thioether (sulfide) groups is 1. The number of benzene rings is 4.